The molecule has 2 aromatic carbocycles. The van der Waals surface area contributed by atoms with Gasteiger partial charge in [0.1, 0.15) is 6.54 Å². The highest BCUT2D eigenvalue weighted by atomic mass is 79.9. The third-order valence-electron chi connectivity index (χ3n) is 3.47. The maximum Gasteiger partial charge on any atom is 0.323 e. The second kappa shape index (κ2) is 6.76. The average Bonchev–Trinajstić information content (AvgIpc) is 2.45. The Bertz CT molecular complexity index is 625. The van der Waals surface area contributed by atoms with Gasteiger partial charge in [-0.1, -0.05) is 45.8 Å². The summed E-state index contributed by atoms with van der Waals surface area (Å²) in [4.78, 5) is 13.1. The summed E-state index contributed by atoms with van der Waals surface area (Å²) >= 11 is 3.46. The normalized spacial score (nSPS) is 12.0. The molecule has 4 heteroatoms. The standard InChI is InChI=1S/C17H18BrNO2/c1-12-6-8-16(9-7-12)19(11-17(20)21)13(2)14-4-3-5-15(18)10-14/h3-10,13H,11H2,1-2H3,(H,20,21). The van der Waals surface area contributed by atoms with Gasteiger partial charge in [0.15, 0.2) is 0 Å². The highest BCUT2D eigenvalue weighted by molar-refractivity contribution is 9.10. The Labute approximate surface area is 133 Å². The third kappa shape index (κ3) is 4.08. The van der Waals surface area contributed by atoms with Gasteiger partial charge in [0, 0.05) is 10.2 Å². The van der Waals surface area contributed by atoms with Crippen molar-refractivity contribution in [2.75, 3.05) is 11.4 Å². The largest absolute Gasteiger partial charge is 0.480 e. The smallest absolute Gasteiger partial charge is 0.323 e. The van der Waals surface area contributed by atoms with Crippen LogP contribution in [0.5, 0.6) is 0 Å². The highest BCUT2D eigenvalue weighted by Gasteiger charge is 2.19. The van der Waals surface area contributed by atoms with E-state index in [0.717, 1.165) is 21.3 Å². The minimum absolute atomic E-state index is 0.0266. The first kappa shape index (κ1) is 15.6. The van der Waals surface area contributed by atoms with Crippen LogP contribution in [-0.4, -0.2) is 17.6 Å². The number of carbonyl (C=O) groups is 1. The molecule has 0 amide bonds. The molecule has 21 heavy (non-hydrogen) atoms. The minimum Gasteiger partial charge on any atom is -0.480 e. The van der Waals surface area contributed by atoms with E-state index >= 15 is 0 Å². The Kier molecular flexibility index (Phi) is 5.02. The van der Waals surface area contributed by atoms with E-state index < -0.39 is 5.97 Å². The number of hydrogen-bond donors (Lipinski definition) is 1. The first-order valence-corrected chi connectivity index (χ1v) is 7.57. The molecule has 2 rings (SSSR count). The monoisotopic (exact) mass is 347 g/mol. The van der Waals surface area contributed by atoms with Gasteiger partial charge in [-0.05, 0) is 43.7 Å². The fourth-order valence-electron chi connectivity index (χ4n) is 2.28. The third-order valence-corrected chi connectivity index (χ3v) is 3.96. The summed E-state index contributed by atoms with van der Waals surface area (Å²) in [7, 11) is 0. The lowest BCUT2D eigenvalue weighted by atomic mass is 10.1. The second-order valence-corrected chi connectivity index (χ2v) is 6.00. The molecule has 0 radical (unpaired) electrons. The summed E-state index contributed by atoms with van der Waals surface area (Å²) in [6, 6.07) is 15.9. The molecule has 3 nitrogen and oxygen atoms in total. The highest BCUT2D eigenvalue weighted by Crippen LogP contribution is 2.28. The maximum absolute atomic E-state index is 11.2. The molecule has 0 aliphatic carbocycles. The summed E-state index contributed by atoms with van der Waals surface area (Å²) in [5.74, 6) is -0.836. The lowest BCUT2D eigenvalue weighted by Crippen LogP contribution is -2.32. The molecule has 1 atom stereocenters. The molecule has 0 aliphatic rings. The molecule has 0 saturated heterocycles. The van der Waals surface area contributed by atoms with Crippen LogP contribution in [0.4, 0.5) is 5.69 Å². The van der Waals surface area contributed by atoms with Crippen LogP contribution in [0.15, 0.2) is 53.0 Å². The van der Waals surface area contributed by atoms with E-state index in [0.29, 0.717) is 0 Å². The Balaban J connectivity index is 2.35. The summed E-state index contributed by atoms with van der Waals surface area (Å²) in [6.45, 7) is 4.00. The number of nitrogens with zero attached hydrogens (tertiary/aromatic N) is 1. The zero-order valence-corrected chi connectivity index (χ0v) is 13.7. The van der Waals surface area contributed by atoms with Crippen LogP contribution in [0.3, 0.4) is 0 Å². The fraction of sp³-hybridized carbons (Fsp3) is 0.235. The van der Waals surface area contributed by atoms with Crippen molar-refractivity contribution in [1.82, 2.24) is 0 Å². The predicted molar refractivity (Wildman–Crippen MR) is 88.7 cm³/mol. The van der Waals surface area contributed by atoms with Gasteiger partial charge in [0.25, 0.3) is 0 Å². The van der Waals surface area contributed by atoms with Crippen molar-refractivity contribution in [3.63, 3.8) is 0 Å². The number of anilines is 1. The van der Waals surface area contributed by atoms with E-state index in [9.17, 15) is 9.90 Å². The first-order valence-electron chi connectivity index (χ1n) is 6.78. The molecule has 0 aromatic heterocycles. The molecule has 0 heterocycles. The van der Waals surface area contributed by atoms with Crippen LogP contribution < -0.4 is 4.90 Å². The number of hydrogen-bond acceptors (Lipinski definition) is 2. The minimum atomic E-state index is -0.836. The molecule has 0 fully saturated rings. The van der Waals surface area contributed by atoms with Crippen molar-refractivity contribution in [2.24, 2.45) is 0 Å². The van der Waals surface area contributed by atoms with E-state index in [2.05, 4.69) is 15.9 Å². The van der Waals surface area contributed by atoms with Gasteiger partial charge in [-0.3, -0.25) is 4.79 Å². The molecule has 1 unspecified atom stereocenters. The lowest BCUT2D eigenvalue weighted by Gasteiger charge is -2.30. The quantitative estimate of drug-likeness (QED) is 0.870. The van der Waals surface area contributed by atoms with Gasteiger partial charge in [-0.15, -0.1) is 0 Å². The van der Waals surface area contributed by atoms with Crippen molar-refractivity contribution in [3.8, 4) is 0 Å². The summed E-state index contributed by atoms with van der Waals surface area (Å²) < 4.78 is 0.992. The Morgan fingerprint density at radius 1 is 1.24 bits per heavy atom. The summed E-state index contributed by atoms with van der Waals surface area (Å²) in [5.41, 5.74) is 3.14. The summed E-state index contributed by atoms with van der Waals surface area (Å²) in [5, 5.41) is 9.20. The van der Waals surface area contributed by atoms with Crippen molar-refractivity contribution < 1.29 is 9.90 Å². The van der Waals surface area contributed by atoms with Gasteiger partial charge < -0.3 is 10.0 Å². The van der Waals surface area contributed by atoms with E-state index in [4.69, 9.17) is 0 Å². The SMILES string of the molecule is Cc1ccc(N(CC(=O)O)C(C)c2cccc(Br)c2)cc1. The Morgan fingerprint density at radius 3 is 2.48 bits per heavy atom. The number of carboxylic acids is 1. The maximum atomic E-state index is 11.2. The zero-order valence-electron chi connectivity index (χ0n) is 12.1. The van der Waals surface area contributed by atoms with Crippen LogP contribution in [0, 0.1) is 6.92 Å². The Hall–Kier alpha value is -1.81. The Morgan fingerprint density at radius 2 is 1.90 bits per heavy atom. The van der Waals surface area contributed by atoms with E-state index in [1.807, 2.05) is 67.3 Å². The number of aliphatic carboxylic acids is 1. The van der Waals surface area contributed by atoms with Crippen LogP contribution in [-0.2, 0) is 4.79 Å². The van der Waals surface area contributed by atoms with Gasteiger partial charge in [0.2, 0.25) is 0 Å². The number of benzene rings is 2. The van der Waals surface area contributed by atoms with Gasteiger partial charge in [-0.2, -0.15) is 0 Å². The number of rotatable bonds is 5. The van der Waals surface area contributed by atoms with E-state index in [1.54, 1.807) is 0 Å². The van der Waals surface area contributed by atoms with Crippen LogP contribution in [0.1, 0.15) is 24.1 Å². The number of halogens is 1. The zero-order chi connectivity index (χ0) is 15.4. The molecule has 1 N–H and O–H groups in total. The second-order valence-electron chi connectivity index (χ2n) is 5.09. The molecule has 0 saturated carbocycles. The van der Waals surface area contributed by atoms with Crippen molar-refractivity contribution in [2.45, 2.75) is 19.9 Å². The molecule has 0 aliphatic heterocycles. The van der Waals surface area contributed by atoms with Gasteiger partial charge in [0.05, 0.1) is 6.04 Å². The molecule has 2 aromatic rings. The molecular formula is C17H18BrNO2. The first-order chi connectivity index (χ1) is 9.97. The van der Waals surface area contributed by atoms with Crippen LogP contribution >= 0.6 is 15.9 Å². The van der Waals surface area contributed by atoms with Crippen LogP contribution in [0.25, 0.3) is 0 Å². The van der Waals surface area contributed by atoms with Crippen LogP contribution in [0.2, 0.25) is 0 Å². The molecule has 0 spiro atoms. The molecule has 110 valence electrons. The number of carboxylic acid groups (broad SMARTS) is 1. The van der Waals surface area contributed by atoms with Gasteiger partial charge in [-0.25, -0.2) is 0 Å². The van der Waals surface area contributed by atoms with Crippen molar-refractivity contribution in [3.05, 3.63) is 64.1 Å². The van der Waals surface area contributed by atoms with E-state index in [1.165, 1.54) is 0 Å². The topological polar surface area (TPSA) is 40.5 Å². The molecule has 0 bridgehead atoms. The number of aryl methyl sites for hydroxylation is 1. The average molecular weight is 348 g/mol. The van der Waals surface area contributed by atoms with Crippen molar-refractivity contribution in [1.29, 1.82) is 0 Å². The molecular weight excluding hydrogens is 330 g/mol. The predicted octanol–water partition coefficient (Wildman–Crippen LogP) is 4.41. The van der Waals surface area contributed by atoms with Crippen molar-refractivity contribution >= 4 is 27.6 Å². The fourth-order valence-corrected chi connectivity index (χ4v) is 2.70. The van der Waals surface area contributed by atoms with Gasteiger partial charge >= 0.3 is 5.97 Å². The lowest BCUT2D eigenvalue weighted by molar-refractivity contribution is -0.135. The van der Waals surface area contributed by atoms with E-state index in [-0.39, 0.29) is 12.6 Å². The summed E-state index contributed by atoms with van der Waals surface area (Å²) in [6.07, 6.45) is 0.